The van der Waals surface area contributed by atoms with E-state index in [2.05, 4.69) is 9.97 Å². The number of aryl methyl sites for hydroxylation is 1. The van der Waals surface area contributed by atoms with E-state index in [-0.39, 0.29) is 11.3 Å². The lowest BCUT2D eigenvalue weighted by Crippen LogP contribution is -2.25. The van der Waals surface area contributed by atoms with E-state index in [0.717, 1.165) is 16.6 Å². The number of nitrogens with zero attached hydrogens (tertiary/aromatic N) is 2. The standard InChI is InChI=1S/C12H12ClN3O/c1-7-3-2-4-9-11(7)15-12(14-9)16-6-8(13)5-10(16)17/h2-4,8H,5-6H2,1H3,(H,14,15). The average molecular weight is 250 g/mol. The van der Waals surface area contributed by atoms with E-state index >= 15 is 0 Å². The van der Waals surface area contributed by atoms with Crippen LogP contribution in [0, 0.1) is 6.92 Å². The molecule has 1 saturated heterocycles. The number of H-pyrrole nitrogens is 1. The van der Waals surface area contributed by atoms with E-state index in [4.69, 9.17) is 11.6 Å². The Morgan fingerprint density at radius 2 is 2.35 bits per heavy atom. The number of anilines is 1. The van der Waals surface area contributed by atoms with Gasteiger partial charge in [-0.25, -0.2) is 4.98 Å². The first-order valence-corrected chi connectivity index (χ1v) is 5.98. The quantitative estimate of drug-likeness (QED) is 0.788. The average Bonchev–Trinajstić information content (AvgIpc) is 2.82. The number of amides is 1. The Morgan fingerprint density at radius 3 is 3.00 bits per heavy atom. The number of alkyl halides is 1. The van der Waals surface area contributed by atoms with Gasteiger partial charge in [-0.1, -0.05) is 12.1 Å². The fourth-order valence-corrected chi connectivity index (χ4v) is 2.43. The van der Waals surface area contributed by atoms with Crippen molar-refractivity contribution in [2.45, 2.75) is 18.7 Å². The first-order chi connectivity index (χ1) is 8.15. The summed E-state index contributed by atoms with van der Waals surface area (Å²) in [7, 11) is 0. The van der Waals surface area contributed by atoms with Crippen LogP contribution in [-0.4, -0.2) is 27.8 Å². The summed E-state index contributed by atoms with van der Waals surface area (Å²) in [4.78, 5) is 21.0. The Balaban J connectivity index is 2.07. The SMILES string of the molecule is Cc1cccc2[nH]c(N3CC(Cl)CC3=O)nc12. The number of carbonyl (C=O) groups is 1. The van der Waals surface area contributed by atoms with Crippen molar-refractivity contribution in [2.75, 3.05) is 11.4 Å². The van der Waals surface area contributed by atoms with E-state index < -0.39 is 0 Å². The molecule has 1 aliphatic rings. The van der Waals surface area contributed by atoms with Gasteiger partial charge in [0.1, 0.15) is 0 Å². The summed E-state index contributed by atoms with van der Waals surface area (Å²) in [5.41, 5.74) is 2.96. The van der Waals surface area contributed by atoms with Gasteiger partial charge >= 0.3 is 0 Å². The molecule has 2 aromatic rings. The van der Waals surface area contributed by atoms with Crippen LogP contribution in [0.1, 0.15) is 12.0 Å². The summed E-state index contributed by atoms with van der Waals surface area (Å²) >= 11 is 5.98. The minimum atomic E-state index is -0.114. The third-order valence-electron chi connectivity index (χ3n) is 3.04. The zero-order chi connectivity index (χ0) is 12.0. The van der Waals surface area contributed by atoms with Crippen LogP contribution >= 0.6 is 11.6 Å². The molecule has 1 aromatic heterocycles. The maximum absolute atomic E-state index is 11.7. The fourth-order valence-electron chi connectivity index (χ4n) is 2.16. The first kappa shape index (κ1) is 10.6. The summed E-state index contributed by atoms with van der Waals surface area (Å²) in [5, 5.41) is -0.114. The van der Waals surface area contributed by atoms with Crippen LogP contribution in [0.15, 0.2) is 18.2 Å². The van der Waals surface area contributed by atoms with E-state index in [1.807, 2.05) is 25.1 Å². The van der Waals surface area contributed by atoms with Crippen LogP contribution in [-0.2, 0) is 4.79 Å². The highest BCUT2D eigenvalue weighted by atomic mass is 35.5. The Hall–Kier alpha value is -1.55. The fraction of sp³-hybridized carbons (Fsp3) is 0.333. The Morgan fingerprint density at radius 1 is 1.53 bits per heavy atom. The number of nitrogens with one attached hydrogen (secondary N) is 1. The minimum absolute atomic E-state index is 0.0294. The molecular weight excluding hydrogens is 238 g/mol. The van der Waals surface area contributed by atoms with Gasteiger partial charge in [-0.2, -0.15) is 0 Å². The van der Waals surface area contributed by atoms with Crippen molar-refractivity contribution in [3.63, 3.8) is 0 Å². The number of rotatable bonds is 1. The molecule has 1 atom stereocenters. The second kappa shape index (κ2) is 3.74. The number of aromatic nitrogens is 2. The van der Waals surface area contributed by atoms with Crippen LogP contribution in [0.5, 0.6) is 0 Å². The molecular formula is C12H12ClN3O. The summed E-state index contributed by atoms with van der Waals surface area (Å²) in [6.07, 6.45) is 0.386. The maximum Gasteiger partial charge on any atom is 0.230 e. The molecule has 1 fully saturated rings. The van der Waals surface area contributed by atoms with Gasteiger partial charge in [0, 0.05) is 13.0 Å². The molecule has 2 heterocycles. The summed E-state index contributed by atoms with van der Waals surface area (Å²) < 4.78 is 0. The highest BCUT2D eigenvalue weighted by molar-refractivity contribution is 6.24. The molecule has 0 bridgehead atoms. The van der Waals surface area contributed by atoms with Gasteiger partial charge in [-0.15, -0.1) is 11.6 Å². The Bertz CT molecular complexity index is 592. The van der Waals surface area contributed by atoms with Crippen molar-refractivity contribution in [1.29, 1.82) is 0 Å². The minimum Gasteiger partial charge on any atom is -0.324 e. The maximum atomic E-state index is 11.7. The Labute approximate surface area is 104 Å². The van der Waals surface area contributed by atoms with Crippen molar-refractivity contribution in [1.82, 2.24) is 9.97 Å². The van der Waals surface area contributed by atoms with Gasteiger partial charge < -0.3 is 4.98 Å². The van der Waals surface area contributed by atoms with Crippen molar-refractivity contribution >= 4 is 34.5 Å². The number of para-hydroxylation sites is 1. The summed E-state index contributed by atoms with van der Waals surface area (Å²) in [6.45, 7) is 2.53. The van der Waals surface area contributed by atoms with Gasteiger partial charge in [-0.3, -0.25) is 9.69 Å². The summed E-state index contributed by atoms with van der Waals surface area (Å²) in [5.74, 6) is 0.629. The molecule has 1 amide bonds. The highest BCUT2D eigenvalue weighted by Crippen LogP contribution is 2.25. The number of carbonyl (C=O) groups excluding carboxylic acids is 1. The van der Waals surface area contributed by atoms with Crippen molar-refractivity contribution in [2.24, 2.45) is 0 Å². The molecule has 1 aliphatic heterocycles. The monoisotopic (exact) mass is 249 g/mol. The number of hydrogen-bond donors (Lipinski definition) is 1. The molecule has 88 valence electrons. The van der Waals surface area contributed by atoms with Crippen molar-refractivity contribution in [3.8, 4) is 0 Å². The number of halogens is 1. The van der Waals surface area contributed by atoms with Gasteiger partial charge in [0.25, 0.3) is 0 Å². The topological polar surface area (TPSA) is 49.0 Å². The molecule has 17 heavy (non-hydrogen) atoms. The molecule has 1 aromatic carbocycles. The molecule has 0 radical (unpaired) electrons. The lowest BCUT2D eigenvalue weighted by molar-refractivity contribution is -0.117. The van der Waals surface area contributed by atoms with Gasteiger partial charge in [0.2, 0.25) is 11.9 Å². The molecule has 1 unspecified atom stereocenters. The van der Waals surface area contributed by atoms with E-state index in [9.17, 15) is 4.79 Å². The Kier molecular flexibility index (Phi) is 2.33. The van der Waals surface area contributed by atoms with Crippen molar-refractivity contribution < 1.29 is 4.79 Å². The van der Waals surface area contributed by atoms with E-state index in [1.54, 1.807) is 4.90 Å². The normalized spacial score (nSPS) is 20.5. The zero-order valence-corrected chi connectivity index (χ0v) is 10.2. The number of hydrogen-bond acceptors (Lipinski definition) is 2. The number of aromatic amines is 1. The zero-order valence-electron chi connectivity index (χ0n) is 9.40. The lowest BCUT2D eigenvalue weighted by Gasteiger charge is -2.10. The van der Waals surface area contributed by atoms with Crippen molar-refractivity contribution in [3.05, 3.63) is 23.8 Å². The molecule has 0 spiro atoms. The van der Waals surface area contributed by atoms with Crippen LogP contribution < -0.4 is 4.90 Å². The second-order valence-electron chi connectivity index (χ2n) is 4.34. The van der Waals surface area contributed by atoms with E-state index in [0.29, 0.717) is 18.9 Å². The number of imidazole rings is 1. The smallest absolute Gasteiger partial charge is 0.230 e. The molecule has 0 saturated carbocycles. The second-order valence-corrected chi connectivity index (χ2v) is 4.95. The first-order valence-electron chi connectivity index (χ1n) is 5.55. The lowest BCUT2D eigenvalue weighted by atomic mass is 10.2. The highest BCUT2D eigenvalue weighted by Gasteiger charge is 2.31. The molecule has 0 aliphatic carbocycles. The predicted octanol–water partition coefficient (Wildman–Crippen LogP) is 2.22. The number of benzene rings is 1. The van der Waals surface area contributed by atoms with Gasteiger partial charge in [-0.05, 0) is 18.6 Å². The number of fused-ring (bicyclic) bond motifs is 1. The molecule has 3 rings (SSSR count). The van der Waals surface area contributed by atoms with Gasteiger partial charge in [0.15, 0.2) is 0 Å². The molecule has 1 N–H and O–H groups in total. The van der Waals surface area contributed by atoms with E-state index in [1.165, 1.54) is 0 Å². The largest absolute Gasteiger partial charge is 0.324 e. The third kappa shape index (κ3) is 1.69. The third-order valence-corrected chi connectivity index (χ3v) is 3.33. The van der Waals surface area contributed by atoms with Crippen LogP contribution in [0.3, 0.4) is 0 Å². The molecule has 5 heteroatoms. The van der Waals surface area contributed by atoms with Crippen LogP contribution in [0.2, 0.25) is 0 Å². The predicted molar refractivity (Wildman–Crippen MR) is 67.4 cm³/mol. The summed E-state index contributed by atoms with van der Waals surface area (Å²) in [6, 6.07) is 5.93. The van der Waals surface area contributed by atoms with Gasteiger partial charge in [0.05, 0.1) is 16.4 Å². The molecule has 4 nitrogen and oxygen atoms in total. The van der Waals surface area contributed by atoms with Crippen LogP contribution in [0.4, 0.5) is 5.95 Å². The van der Waals surface area contributed by atoms with Crippen LogP contribution in [0.25, 0.3) is 11.0 Å².